The van der Waals surface area contributed by atoms with Crippen LogP contribution in [-0.4, -0.2) is 59.9 Å². The summed E-state index contributed by atoms with van der Waals surface area (Å²) in [4.78, 5) is 41.2. The average Bonchev–Trinajstić information content (AvgIpc) is 3.24. The van der Waals surface area contributed by atoms with Crippen molar-refractivity contribution >= 4 is 30.3 Å². The van der Waals surface area contributed by atoms with Crippen molar-refractivity contribution < 1.29 is 14.4 Å². The molecule has 2 atom stereocenters. The van der Waals surface area contributed by atoms with E-state index in [2.05, 4.69) is 10.6 Å². The maximum Gasteiger partial charge on any atom is 0.325 e. The molecule has 4 amide bonds. The topological polar surface area (TPSA) is 81.8 Å². The predicted octanol–water partition coefficient (Wildman–Crippen LogP) is 1.78. The minimum atomic E-state index is -1.14. The van der Waals surface area contributed by atoms with Gasteiger partial charge in [-0.15, -0.1) is 12.4 Å². The fourth-order valence-electron chi connectivity index (χ4n) is 3.81. The number of nitrogens with zero attached hydrogens (tertiary/aromatic N) is 2. The molecular formula is C20H29ClN4O3. The van der Waals surface area contributed by atoms with E-state index in [1.54, 1.807) is 6.92 Å². The summed E-state index contributed by atoms with van der Waals surface area (Å²) in [6.07, 6.45) is 1.73. The molecule has 3 rings (SSSR count). The van der Waals surface area contributed by atoms with Gasteiger partial charge >= 0.3 is 6.03 Å². The van der Waals surface area contributed by atoms with Gasteiger partial charge in [-0.1, -0.05) is 36.8 Å². The summed E-state index contributed by atoms with van der Waals surface area (Å²) in [5.41, 5.74) is 0.647. The van der Waals surface area contributed by atoms with E-state index in [1.807, 2.05) is 43.0 Å². The van der Waals surface area contributed by atoms with E-state index in [4.69, 9.17) is 0 Å². The van der Waals surface area contributed by atoms with Crippen LogP contribution in [0, 0.1) is 6.92 Å². The lowest BCUT2D eigenvalue weighted by atomic mass is 9.91. The van der Waals surface area contributed by atoms with Crippen molar-refractivity contribution in [1.82, 2.24) is 20.4 Å². The van der Waals surface area contributed by atoms with Crippen molar-refractivity contribution in [3.8, 4) is 0 Å². The zero-order chi connectivity index (χ0) is 19.6. The predicted molar refractivity (Wildman–Crippen MR) is 109 cm³/mol. The van der Waals surface area contributed by atoms with Crippen LogP contribution in [0.3, 0.4) is 0 Å². The highest BCUT2D eigenvalue weighted by Crippen LogP contribution is 2.29. The first-order valence-electron chi connectivity index (χ1n) is 9.58. The standard InChI is InChI=1S/C20H28N4O3.ClH/c1-4-11-23(16-9-10-21-12-16)17(25)13-24-18(26)20(3,22-19(24)27)15-7-5-14(2)6-8-15;/h5-8,16,21H,4,9-13H2,1-3H3,(H,22,27);1H. The number of amides is 4. The van der Waals surface area contributed by atoms with Crippen molar-refractivity contribution in [2.45, 2.75) is 45.2 Å². The van der Waals surface area contributed by atoms with Crippen LogP contribution < -0.4 is 10.6 Å². The Kier molecular flexibility index (Phi) is 7.06. The molecule has 0 radical (unpaired) electrons. The van der Waals surface area contributed by atoms with Crippen LogP contribution in [0.25, 0.3) is 0 Å². The van der Waals surface area contributed by atoms with Gasteiger partial charge in [-0.2, -0.15) is 0 Å². The highest BCUT2D eigenvalue weighted by Gasteiger charge is 2.49. The fourth-order valence-corrected chi connectivity index (χ4v) is 3.81. The first-order valence-corrected chi connectivity index (χ1v) is 9.58. The molecule has 0 saturated carbocycles. The maximum absolute atomic E-state index is 13.0. The van der Waals surface area contributed by atoms with Gasteiger partial charge in [0.05, 0.1) is 0 Å². The molecule has 1 aromatic rings. The van der Waals surface area contributed by atoms with Gasteiger partial charge in [0.25, 0.3) is 5.91 Å². The molecule has 7 nitrogen and oxygen atoms in total. The monoisotopic (exact) mass is 408 g/mol. The normalized spacial score (nSPS) is 24.1. The number of urea groups is 1. The molecule has 2 heterocycles. The number of hydrogen-bond acceptors (Lipinski definition) is 4. The smallest absolute Gasteiger partial charge is 0.325 e. The fraction of sp³-hybridized carbons (Fsp3) is 0.550. The molecule has 2 aliphatic rings. The molecule has 1 aromatic carbocycles. The van der Waals surface area contributed by atoms with E-state index >= 15 is 0 Å². The van der Waals surface area contributed by atoms with E-state index in [0.717, 1.165) is 36.4 Å². The number of rotatable bonds is 6. The molecule has 2 fully saturated rings. The molecule has 2 N–H and O–H groups in total. The van der Waals surface area contributed by atoms with E-state index in [9.17, 15) is 14.4 Å². The van der Waals surface area contributed by atoms with Gasteiger partial charge in [0, 0.05) is 19.1 Å². The Bertz CT molecular complexity index is 733. The largest absolute Gasteiger partial charge is 0.337 e. The molecule has 0 aromatic heterocycles. The summed E-state index contributed by atoms with van der Waals surface area (Å²) >= 11 is 0. The number of aryl methyl sites for hydroxylation is 1. The van der Waals surface area contributed by atoms with Gasteiger partial charge in [0.15, 0.2) is 0 Å². The number of carbonyl (C=O) groups excluding carboxylic acids is 3. The van der Waals surface area contributed by atoms with Crippen LogP contribution in [-0.2, 0) is 15.1 Å². The van der Waals surface area contributed by atoms with Crippen LogP contribution in [0.4, 0.5) is 4.79 Å². The van der Waals surface area contributed by atoms with Crippen molar-refractivity contribution in [3.05, 3.63) is 35.4 Å². The molecule has 2 unspecified atom stereocenters. The Labute approximate surface area is 172 Å². The summed E-state index contributed by atoms with van der Waals surface area (Å²) in [5.74, 6) is -0.562. The first kappa shape index (κ1) is 22.2. The summed E-state index contributed by atoms with van der Waals surface area (Å²) in [6, 6.07) is 7.10. The molecule has 28 heavy (non-hydrogen) atoms. The van der Waals surface area contributed by atoms with Gasteiger partial charge in [0.1, 0.15) is 12.1 Å². The minimum Gasteiger partial charge on any atom is -0.337 e. The van der Waals surface area contributed by atoms with E-state index in [1.165, 1.54) is 0 Å². The van der Waals surface area contributed by atoms with Gasteiger partial charge in [0.2, 0.25) is 5.91 Å². The van der Waals surface area contributed by atoms with Crippen molar-refractivity contribution in [2.75, 3.05) is 26.2 Å². The number of halogens is 1. The summed E-state index contributed by atoms with van der Waals surface area (Å²) < 4.78 is 0. The Hall–Kier alpha value is -2.12. The SMILES string of the molecule is CCCN(C(=O)CN1C(=O)NC(C)(c2ccc(C)cc2)C1=O)C1CCNC1.Cl. The molecule has 2 aliphatic heterocycles. The van der Waals surface area contributed by atoms with Gasteiger partial charge in [-0.05, 0) is 38.8 Å². The zero-order valence-electron chi connectivity index (χ0n) is 16.7. The number of carbonyl (C=O) groups is 3. The first-order chi connectivity index (χ1) is 12.9. The van der Waals surface area contributed by atoms with Gasteiger partial charge < -0.3 is 15.5 Å². The quantitative estimate of drug-likeness (QED) is 0.703. The zero-order valence-corrected chi connectivity index (χ0v) is 17.5. The van der Waals surface area contributed by atoms with Crippen LogP contribution in [0.1, 0.15) is 37.8 Å². The lowest BCUT2D eigenvalue weighted by Gasteiger charge is -2.29. The second-order valence-electron chi connectivity index (χ2n) is 7.55. The Morgan fingerprint density at radius 2 is 1.96 bits per heavy atom. The Morgan fingerprint density at radius 3 is 2.54 bits per heavy atom. The third-order valence-electron chi connectivity index (χ3n) is 5.46. The second-order valence-corrected chi connectivity index (χ2v) is 7.55. The molecule has 0 aliphatic carbocycles. The van der Waals surface area contributed by atoms with E-state index < -0.39 is 11.6 Å². The van der Waals surface area contributed by atoms with Crippen LogP contribution in [0.2, 0.25) is 0 Å². The second kappa shape index (κ2) is 8.92. The summed E-state index contributed by atoms with van der Waals surface area (Å²) in [6.45, 7) is 7.72. The van der Waals surface area contributed by atoms with Crippen molar-refractivity contribution in [3.63, 3.8) is 0 Å². The Morgan fingerprint density at radius 1 is 1.29 bits per heavy atom. The van der Waals surface area contributed by atoms with E-state index in [-0.39, 0.29) is 36.8 Å². The number of hydrogen-bond donors (Lipinski definition) is 2. The molecular weight excluding hydrogens is 380 g/mol. The molecule has 154 valence electrons. The van der Waals surface area contributed by atoms with Gasteiger partial charge in [-0.3, -0.25) is 14.5 Å². The van der Waals surface area contributed by atoms with E-state index in [0.29, 0.717) is 12.1 Å². The third kappa shape index (κ3) is 4.15. The third-order valence-corrected chi connectivity index (χ3v) is 5.46. The molecule has 0 spiro atoms. The highest BCUT2D eigenvalue weighted by atomic mass is 35.5. The highest BCUT2D eigenvalue weighted by molar-refractivity contribution is 6.09. The number of nitrogens with one attached hydrogen (secondary N) is 2. The lowest BCUT2D eigenvalue weighted by molar-refractivity contribution is -0.140. The minimum absolute atomic E-state index is 0. The summed E-state index contributed by atoms with van der Waals surface area (Å²) in [5, 5.41) is 6.03. The molecule has 0 bridgehead atoms. The van der Waals surface area contributed by atoms with Crippen LogP contribution >= 0.6 is 12.4 Å². The average molecular weight is 409 g/mol. The van der Waals surface area contributed by atoms with Crippen LogP contribution in [0.5, 0.6) is 0 Å². The lowest BCUT2D eigenvalue weighted by Crippen LogP contribution is -2.48. The summed E-state index contributed by atoms with van der Waals surface area (Å²) in [7, 11) is 0. The Balaban J connectivity index is 0.00000280. The molecule has 2 saturated heterocycles. The van der Waals surface area contributed by atoms with Crippen LogP contribution in [0.15, 0.2) is 24.3 Å². The maximum atomic E-state index is 13.0. The van der Waals surface area contributed by atoms with Gasteiger partial charge in [-0.25, -0.2) is 4.79 Å². The number of benzene rings is 1. The van der Waals surface area contributed by atoms with Crippen molar-refractivity contribution in [2.24, 2.45) is 0 Å². The number of imide groups is 1. The molecule has 8 heteroatoms. The van der Waals surface area contributed by atoms with Crippen molar-refractivity contribution in [1.29, 1.82) is 0 Å².